The minimum absolute atomic E-state index is 0.00754. The molecule has 0 saturated carbocycles. The van der Waals surface area contributed by atoms with E-state index in [1.54, 1.807) is 0 Å². The number of aliphatic carboxylic acids is 1. The standard InChI is InChI=1S/C11H15NO5/c1-3-4-8(10(14)15)12-6-7(5-9(12)13)11(16)17-2/h3,7-8H,1,4-6H2,2H3,(H,14,15). The molecular weight excluding hydrogens is 226 g/mol. The summed E-state index contributed by atoms with van der Waals surface area (Å²) in [6.45, 7) is 3.55. The fourth-order valence-electron chi connectivity index (χ4n) is 1.88. The van der Waals surface area contributed by atoms with Crippen molar-refractivity contribution in [2.24, 2.45) is 5.92 Å². The van der Waals surface area contributed by atoms with Crippen molar-refractivity contribution in [2.45, 2.75) is 18.9 Å². The first kappa shape index (κ1) is 13.2. The van der Waals surface area contributed by atoms with Crippen LogP contribution in [0.4, 0.5) is 0 Å². The molecule has 94 valence electrons. The van der Waals surface area contributed by atoms with Crippen LogP contribution in [0, 0.1) is 5.92 Å². The molecule has 0 aliphatic carbocycles. The first-order chi connectivity index (χ1) is 8.01. The molecule has 0 aromatic rings. The van der Waals surface area contributed by atoms with Gasteiger partial charge in [-0.05, 0) is 6.42 Å². The molecule has 0 bridgehead atoms. The molecule has 1 amide bonds. The Labute approximate surface area is 98.8 Å². The van der Waals surface area contributed by atoms with Crippen LogP contribution in [0.15, 0.2) is 12.7 Å². The van der Waals surface area contributed by atoms with Gasteiger partial charge in [-0.15, -0.1) is 6.58 Å². The van der Waals surface area contributed by atoms with Gasteiger partial charge >= 0.3 is 11.9 Å². The highest BCUT2D eigenvalue weighted by Gasteiger charge is 2.40. The summed E-state index contributed by atoms with van der Waals surface area (Å²) in [6, 6.07) is -0.949. The molecule has 1 saturated heterocycles. The summed E-state index contributed by atoms with van der Waals surface area (Å²) in [6.07, 6.45) is 1.61. The number of carbonyl (C=O) groups excluding carboxylic acids is 2. The maximum absolute atomic E-state index is 11.6. The normalized spacial score (nSPS) is 21.1. The van der Waals surface area contributed by atoms with Gasteiger partial charge in [0.05, 0.1) is 13.0 Å². The molecule has 2 unspecified atom stereocenters. The SMILES string of the molecule is C=CCC(C(=O)O)N1CC(C(=O)OC)CC1=O. The highest BCUT2D eigenvalue weighted by Crippen LogP contribution is 2.22. The third-order valence-electron chi connectivity index (χ3n) is 2.74. The van der Waals surface area contributed by atoms with Crippen LogP contribution in [0.2, 0.25) is 0 Å². The third-order valence-corrected chi connectivity index (χ3v) is 2.74. The minimum Gasteiger partial charge on any atom is -0.480 e. The highest BCUT2D eigenvalue weighted by atomic mass is 16.5. The van der Waals surface area contributed by atoms with Gasteiger partial charge in [0.2, 0.25) is 5.91 Å². The molecule has 1 aliphatic rings. The summed E-state index contributed by atoms with van der Waals surface area (Å²) in [4.78, 5) is 35.1. The second-order valence-corrected chi connectivity index (χ2v) is 3.85. The monoisotopic (exact) mass is 241 g/mol. The second-order valence-electron chi connectivity index (χ2n) is 3.85. The van der Waals surface area contributed by atoms with Crippen molar-refractivity contribution in [2.75, 3.05) is 13.7 Å². The molecule has 6 nitrogen and oxygen atoms in total. The number of ether oxygens (including phenoxy) is 1. The van der Waals surface area contributed by atoms with E-state index < -0.39 is 23.9 Å². The quantitative estimate of drug-likeness (QED) is 0.542. The van der Waals surface area contributed by atoms with E-state index in [0.717, 1.165) is 0 Å². The van der Waals surface area contributed by atoms with E-state index in [1.165, 1.54) is 18.1 Å². The van der Waals surface area contributed by atoms with Crippen molar-refractivity contribution in [3.63, 3.8) is 0 Å². The smallest absolute Gasteiger partial charge is 0.326 e. The fraction of sp³-hybridized carbons (Fsp3) is 0.545. The zero-order chi connectivity index (χ0) is 13.0. The van der Waals surface area contributed by atoms with Crippen LogP contribution in [-0.2, 0) is 19.1 Å². The Balaban J connectivity index is 2.77. The molecule has 17 heavy (non-hydrogen) atoms. The number of carboxylic acid groups (broad SMARTS) is 1. The molecule has 0 aromatic carbocycles. The molecule has 0 aromatic heterocycles. The first-order valence-corrected chi connectivity index (χ1v) is 5.22. The maximum Gasteiger partial charge on any atom is 0.326 e. The number of rotatable bonds is 5. The topological polar surface area (TPSA) is 83.9 Å². The molecule has 1 fully saturated rings. The molecule has 1 rings (SSSR count). The predicted molar refractivity (Wildman–Crippen MR) is 58.1 cm³/mol. The van der Waals surface area contributed by atoms with Gasteiger partial charge in [0.1, 0.15) is 6.04 Å². The first-order valence-electron chi connectivity index (χ1n) is 5.22. The summed E-state index contributed by atoms with van der Waals surface area (Å²) in [7, 11) is 1.24. The van der Waals surface area contributed by atoms with Crippen molar-refractivity contribution in [3.05, 3.63) is 12.7 Å². The van der Waals surface area contributed by atoms with E-state index in [4.69, 9.17) is 5.11 Å². The lowest BCUT2D eigenvalue weighted by molar-refractivity contribution is -0.148. The number of carbonyl (C=O) groups is 3. The number of amides is 1. The zero-order valence-electron chi connectivity index (χ0n) is 9.59. The van der Waals surface area contributed by atoms with E-state index in [-0.39, 0.29) is 25.3 Å². The van der Waals surface area contributed by atoms with Crippen LogP contribution in [0.25, 0.3) is 0 Å². The summed E-state index contributed by atoms with van der Waals surface area (Å²) < 4.78 is 4.55. The molecule has 6 heteroatoms. The molecule has 0 radical (unpaired) electrons. The van der Waals surface area contributed by atoms with E-state index in [0.29, 0.717) is 0 Å². The molecular formula is C11H15NO5. The second kappa shape index (κ2) is 5.47. The highest BCUT2D eigenvalue weighted by molar-refractivity contribution is 5.90. The molecule has 1 N–H and O–H groups in total. The van der Waals surface area contributed by atoms with Crippen LogP contribution in [0.3, 0.4) is 0 Å². The number of carboxylic acids is 1. The van der Waals surface area contributed by atoms with Crippen LogP contribution in [0.1, 0.15) is 12.8 Å². The Hall–Kier alpha value is -1.85. The Kier molecular flexibility index (Phi) is 4.25. The number of hydrogen-bond donors (Lipinski definition) is 1. The van der Waals surface area contributed by atoms with Crippen molar-refractivity contribution < 1.29 is 24.2 Å². The molecule has 1 aliphatic heterocycles. The Morgan fingerprint density at radius 2 is 2.35 bits per heavy atom. The van der Waals surface area contributed by atoms with E-state index in [2.05, 4.69) is 11.3 Å². The lowest BCUT2D eigenvalue weighted by atomic mass is 10.1. The fourth-order valence-corrected chi connectivity index (χ4v) is 1.88. The molecule has 2 atom stereocenters. The lowest BCUT2D eigenvalue weighted by Gasteiger charge is -2.23. The van der Waals surface area contributed by atoms with Crippen LogP contribution < -0.4 is 0 Å². The van der Waals surface area contributed by atoms with Gasteiger partial charge in [-0.3, -0.25) is 9.59 Å². The van der Waals surface area contributed by atoms with Gasteiger partial charge in [-0.25, -0.2) is 4.79 Å². The average Bonchev–Trinajstić information content (AvgIpc) is 2.66. The van der Waals surface area contributed by atoms with Crippen molar-refractivity contribution in [1.29, 1.82) is 0 Å². The van der Waals surface area contributed by atoms with Gasteiger partial charge in [-0.2, -0.15) is 0 Å². The number of nitrogens with zero attached hydrogens (tertiary/aromatic N) is 1. The van der Waals surface area contributed by atoms with Gasteiger partial charge < -0.3 is 14.7 Å². The zero-order valence-corrected chi connectivity index (χ0v) is 9.59. The van der Waals surface area contributed by atoms with Gasteiger partial charge in [-0.1, -0.05) is 6.08 Å². The summed E-state index contributed by atoms with van der Waals surface area (Å²) >= 11 is 0. The summed E-state index contributed by atoms with van der Waals surface area (Å²) in [5.74, 6) is -2.49. The minimum atomic E-state index is -1.09. The van der Waals surface area contributed by atoms with Gasteiger partial charge in [0.25, 0.3) is 0 Å². The largest absolute Gasteiger partial charge is 0.480 e. The Morgan fingerprint density at radius 3 is 2.82 bits per heavy atom. The van der Waals surface area contributed by atoms with E-state index >= 15 is 0 Å². The third kappa shape index (κ3) is 2.83. The van der Waals surface area contributed by atoms with Crippen molar-refractivity contribution >= 4 is 17.8 Å². The maximum atomic E-state index is 11.6. The van der Waals surface area contributed by atoms with Crippen molar-refractivity contribution in [3.8, 4) is 0 Å². The van der Waals surface area contributed by atoms with Crippen LogP contribution in [0.5, 0.6) is 0 Å². The van der Waals surface area contributed by atoms with Crippen LogP contribution in [-0.4, -0.2) is 47.5 Å². The average molecular weight is 241 g/mol. The Bertz CT molecular complexity index is 352. The molecule has 0 spiro atoms. The summed E-state index contributed by atoms with van der Waals surface area (Å²) in [5.41, 5.74) is 0. The van der Waals surface area contributed by atoms with Crippen LogP contribution >= 0.6 is 0 Å². The lowest BCUT2D eigenvalue weighted by Crippen LogP contribution is -2.42. The van der Waals surface area contributed by atoms with Crippen molar-refractivity contribution in [1.82, 2.24) is 4.90 Å². The number of hydrogen-bond acceptors (Lipinski definition) is 4. The Morgan fingerprint density at radius 1 is 1.71 bits per heavy atom. The number of likely N-dealkylation sites (tertiary alicyclic amines) is 1. The predicted octanol–water partition coefficient (Wildman–Crippen LogP) is 0.0372. The number of esters is 1. The number of methoxy groups -OCH3 is 1. The van der Waals surface area contributed by atoms with E-state index in [9.17, 15) is 14.4 Å². The van der Waals surface area contributed by atoms with Gasteiger partial charge in [0, 0.05) is 13.0 Å². The summed E-state index contributed by atoms with van der Waals surface area (Å²) in [5, 5.41) is 9.01. The van der Waals surface area contributed by atoms with Gasteiger partial charge in [0.15, 0.2) is 0 Å². The van der Waals surface area contributed by atoms with E-state index in [1.807, 2.05) is 0 Å². The molecule has 1 heterocycles.